The Morgan fingerprint density at radius 1 is 0.108 bits per heavy atom. The van der Waals surface area contributed by atoms with Crippen molar-refractivity contribution in [1.29, 1.82) is 0 Å². The van der Waals surface area contributed by atoms with Gasteiger partial charge in [0.2, 0.25) is 0 Å². The third-order valence-corrected chi connectivity index (χ3v) is 20.3. The molecule has 16 nitrogen and oxygen atoms in total. The highest BCUT2D eigenvalue weighted by molar-refractivity contribution is 5.92. The van der Waals surface area contributed by atoms with Crippen molar-refractivity contribution in [3.8, 4) is 204 Å². The second kappa shape index (κ2) is 34.1. The third kappa shape index (κ3) is 15.9. The molecule has 14 heterocycles. The largest absolute Gasteiger partial charge is 0.255 e. The quantitative estimate of drug-likeness (QED) is 0.0783. The van der Waals surface area contributed by atoms with E-state index in [9.17, 15) is 0 Å². The summed E-state index contributed by atoms with van der Waals surface area (Å²) < 4.78 is 0. The van der Waals surface area contributed by atoms with Gasteiger partial charge in [-0.15, -0.1) is 0 Å². The molecule has 0 spiro atoms. The molecule has 0 atom stereocenters. The summed E-state index contributed by atoms with van der Waals surface area (Å²) in [4.78, 5) is 79.2. The molecule has 0 saturated heterocycles. The van der Waals surface area contributed by atoms with Gasteiger partial charge in [-0.3, -0.25) is 29.9 Å². The fourth-order valence-corrected chi connectivity index (χ4v) is 14.7. The standard InChI is InChI=1S/C53H35N7.C51H33N9/c1-2-17-38(43-25-13-28-49(57-43)46-22-7-10-31-54-46)37(16-1)36-34-52(41-20-5-3-18-39(41)44-26-14-29-50(58-44)47-23-8-11-32-55-47)60-53(35-36)42-21-6-4-19-40(42)45-27-15-30-51(59-45)48-24-9-12-33-56-48;1-4-19-37(34(16-1)40-25-13-28-46(55-40)43-22-7-10-31-52-43)49-58-50(38-20-5-2-17-35(38)41-26-14-29-47(56-41)44-23-8-11-32-53-44)60-51(59-49)39-21-6-3-18-36(39)42-27-15-30-48(57-42)45-24-9-12-33-54-45/h1-35H;1-33H. The summed E-state index contributed by atoms with van der Waals surface area (Å²) in [5.41, 5.74) is 27.8. The van der Waals surface area contributed by atoms with Gasteiger partial charge in [-0.05, 0) is 169 Å². The molecule has 0 aliphatic heterocycles. The minimum atomic E-state index is 0.491. The van der Waals surface area contributed by atoms with Crippen LogP contribution >= 0.6 is 0 Å². The molecular weight excluding hydrogens is 1470 g/mol. The van der Waals surface area contributed by atoms with Crippen molar-refractivity contribution in [1.82, 2.24) is 79.7 Å². The lowest BCUT2D eigenvalue weighted by atomic mass is 9.92. The fourth-order valence-electron chi connectivity index (χ4n) is 14.7. The maximum absolute atomic E-state index is 5.48. The normalized spacial score (nSPS) is 11.0. The summed E-state index contributed by atoms with van der Waals surface area (Å²) in [5.74, 6) is 1.47. The molecule has 564 valence electrons. The summed E-state index contributed by atoms with van der Waals surface area (Å²) in [6.45, 7) is 0. The minimum Gasteiger partial charge on any atom is -0.255 e. The molecule has 120 heavy (non-hydrogen) atoms. The van der Waals surface area contributed by atoms with Gasteiger partial charge >= 0.3 is 0 Å². The van der Waals surface area contributed by atoms with Crippen LogP contribution in [0.4, 0.5) is 0 Å². The lowest BCUT2D eigenvalue weighted by molar-refractivity contribution is 1.07. The smallest absolute Gasteiger partial charge is 0.164 e. The molecule has 0 aliphatic rings. The Kier molecular flexibility index (Phi) is 20.9. The lowest BCUT2D eigenvalue weighted by Gasteiger charge is -2.17. The fraction of sp³-hybridized carbons (Fsp3) is 0. The van der Waals surface area contributed by atoms with Gasteiger partial charge in [0.05, 0.1) is 114 Å². The molecule has 0 bridgehead atoms. The maximum atomic E-state index is 5.48. The number of aromatic nitrogens is 16. The number of rotatable bonds is 18. The van der Waals surface area contributed by atoms with Gasteiger partial charge < -0.3 is 0 Å². The molecule has 0 unspecified atom stereocenters. The summed E-state index contributed by atoms with van der Waals surface area (Å²) in [6.07, 6.45) is 10.7. The molecule has 0 fully saturated rings. The van der Waals surface area contributed by atoms with Crippen LogP contribution in [0.5, 0.6) is 0 Å². The average molecular weight is 1540 g/mol. The molecule has 20 rings (SSSR count). The second-order valence-electron chi connectivity index (χ2n) is 27.9. The molecule has 0 radical (unpaired) electrons. The molecule has 0 saturated carbocycles. The van der Waals surface area contributed by atoms with E-state index < -0.39 is 0 Å². The SMILES string of the molecule is c1ccc(-c2cccc(-c3ccccc3-c3cc(-c4ccccc4-c4cccc(-c5ccccn5)n4)nc(-c4ccccc4-c4cccc(-c5ccccn5)n4)c3)n2)nc1.c1ccc(-c2cccc(-c3ccccc3-c3nc(-c4ccccc4-c4cccc(-c5ccccn5)n4)nc(-c4ccccc4-c4cccc(-c5ccccn5)n4)n3)n2)nc1. The number of hydrogen-bond acceptors (Lipinski definition) is 16. The summed E-state index contributed by atoms with van der Waals surface area (Å²) >= 11 is 0. The van der Waals surface area contributed by atoms with E-state index in [-0.39, 0.29) is 0 Å². The molecule has 6 aromatic carbocycles. The van der Waals surface area contributed by atoms with E-state index in [1.165, 1.54) is 0 Å². The lowest BCUT2D eigenvalue weighted by Crippen LogP contribution is -2.03. The van der Waals surface area contributed by atoms with Crippen LogP contribution in [0.1, 0.15) is 0 Å². The minimum absolute atomic E-state index is 0.491. The number of nitrogens with zero attached hydrogens (tertiary/aromatic N) is 16. The Labute approximate surface area is 692 Å². The van der Waals surface area contributed by atoms with Crippen molar-refractivity contribution in [2.24, 2.45) is 0 Å². The van der Waals surface area contributed by atoms with E-state index in [0.717, 1.165) is 186 Å². The molecule has 14 aromatic heterocycles. The monoisotopic (exact) mass is 1540 g/mol. The predicted octanol–water partition coefficient (Wildman–Crippen LogP) is 23.7. The topological polar surface area (TPSA) is 206 Å². The van der Waals surface area contributed by atoms with Crippen LogP contribution in [0.3, 0.4) is 0 Å². The summed E-state index contributed by atoms with van der Waals surface area (Å²) in [7, 11) is 0. The van der Waals surface area contributed by atoms with E-state index in [0.29, 0.717) is 17.5 Å². The summed E-state index contributed by atoms with van der Waals surface area (Å²) in [5, 5.41) is 0. The van der Waals surface area contributed by atoms with Crippen LogP contribution in [0.25, 0.3) is 204 Å². The number of hydrogen-bond donors (Lipinski definition) is 0. The number of pyridine rings is 13. The Balaban J connectivity index is 0.000000159. The molecule has 0 N–H and O–H groups in total. The highest BCUT2D eigenvalue weighted by Gasteiger charge is 2.24. The van der Waals surface area contributed by atoms with Gasteiger partial charge in [-0.25, -0.2) is 49.8 Å². The Morgan fingerprint density at radius 3 is 0.483 bits per heavy atom. The van der Waals surface area contributed by atoms with Crippen molar-refractivity contribution in [3.05, 3.63) is 413 Å². The molecule has 16 heteroatoms. The molecule has 0 aliphatic carbocycles. The zero-order chi connectivity index (χ0) is 80.2. The van der Waals surface area contributed by atoms with E-state index in [1.54, 1.807) is 37.2 Å². The van der Waals surface area contributed by atoms with Crippen molar-refractivity contribution in [3.63, 3.8) is 0 Å². The van der Waals surface area contributed by atoms with Gasteiger partial charge in [0.25, 0.3) is 0 Å². The van der Waals surface area contributed by atoms with Crippen molar-refractivity contribution < 1.29 is 0 Å². The first kappa shape index (κ1) is 73.5. The van der Waals surface area contributed by atoms with Crippen LogP contribution in [0, 0.1) is 0 Å². The van der Waals surface area contributed by atoms with Crippen molar-refractivity contribution >= 4 is 0 Å². The van der Waals surface area contributed by atoms with Crippen LogP contribution < -0.4 is 0 Å². The first-order valence-corrected chi connectivity index (χ1v) is 39.2. The molecular formula is C104H68N16. The average Bonchev–Trinajstić information content (AvgIpc) is 0.768. The van der Waals surface area contributed by atoms with E-state index in [1.807, 2.05) is 297 Å². The highest BCUT2D eigenvalue weighted by atomic mass is 15.0. The van der Waals surface area contributed by atoms with E-state index >= 15 is 0 Å². The van der Waals surface area contributed by atoms with E-state index in [4.69, 9.17) is 49.8 Å². The Bertz CT molecular complexity index is 5930. The van der Waals surface area contributed by atoms with Crippen LogP contribution in [-0.4, -0.2) is 79.7 Å². The Morgan fingerprint density at radius 2 is 0.267 bits per heavy atom. The van der Waals surface area contributed by atoms with E-state index in [2.05, 4.69) is 109 Å². The van der Waals surface area contributed by atoms with Crippen molar-refractivity contribution in [2.75, 3.05) is 0 Å². The second-order valence-corrected chi connectivity index (χ2v) is 27.9. The van der Waals surface area contributed by atoms with Crippen molar-refractivity contribution in [2.45, 2.75) is 0 Å². The molecule has 0 amide bonds. The molecule has 20 aromatic rings. The van der Waals surface area contributed by atoms with Crippen LogP contribution in [0.15, 0.2) is 413 Å². The third-order valence-electron chi connectivity index (χ3n) is 20.3. The summed E-state index contributed by atoms with van der Waals surface area (Å²) in [6, 6.07) is 125. The highest BCUT2D eigenvalue weighted by Crippen LogP contribution is 2.43. The van der Waals surface area contributed by atoms with Gasteiger partial charge in [0, 0.05) is 98.4 Å². The first-order valence-electron chi connectivity index (χ1n) is 39.2. The van der Waals surface area contributed by atoms with Crippen LogP contribution in [-0.2, 0) is 0 Å². The Hall–Kier alpha value is -16.7. The van der Waals surface area contributed by atoms with Crippen LogP contribution in [0.2, 0.25) is 0 Å². The zero-order valence-corrected chi connectivity index (χ0v) is 64.4. The van der Waals surface area contributed by atoms with Gasteiger partial charge in [-0.2, -0.15) is 0 Å². The van der Waals surface area contributed by atoms with Gasteiger partial charge in [0.15, 0.2) is 17.5 Å². The van der Waals surface area contributed by atoms with Gasteiger partial charge in [-0.1, -0.05) is 218 Å². The van der Waals surface area contributed by atoms with Gasteiger partial charge in [0.1, 0.15) is 0 Å². The zero-order valence-electron chi connectivity index (χ0n) is 64.4. The predicted molar refractivity (Wildman–Crippen MR) is 475 cm³/mol. The first-order chi connectivity index (χ1) is 59.5. The maximum Gasteiger partial charge on any atom is 0.164 e. The number of benzene rings is 6.